The van der Waals surface area contributed by atoms with Crippen molar-refractivity contribution in [3.8, 4) is 0 Å². The van der Waals surface area contributed by atoms with Crippen molar-refractivity contribution in [1.29, 1.82) is 0 Å². The van der Waals surface area contributed by atoms with Crippen molar-refractivity contribution in [2.24, 2.45) is 0 Å². The lowest BCUT2D eigenvalue weighted by Gasteiger charge is -2.18. The fourth-order valence-electron chi connectivity index (χ4n) is 6.61. The van der Waals surface area contributed by atoms with E-state index in [9.17, 15) is 14.4 Å². The van der Waals surface area contributed by atoms with Crippen LogP contribution in [-0.4, -0.2) is 37.2 Å². The van der Waals surface area contributed by atoms with Crippen LogP contribution in [0.5, 0.6) is 0 Å². The van der Waals surface area contributed by atoms with Crippen LogP contribution in [0.1, 0.15) is 245 Å². The third-order valence-electron chi connectivity index (χ3n) is 10.2. The first-order valence-corrected chi connectivity index (χ1v) is 23.3. The Hall–Kier alpha value is -2.11. The molecule has 0 aromatic heterocycles. The van der Waals surface area contributed by atoms with Crippen molar-refractivity contribution in [2.45, 2.75) is 252 Å². The van der Waals surface area contributed by atoms with E-state index in [-0.39, 0.29) is 31.1 Å². The molecule has 0 unspecified atom stereocenters. The molecule has 0 spiro atoms. The van der Waals surface area contributed by atoms with Gasteiger partial charge in [-0.25, -0.2) is 0 Å². The molecule has 1 atom stereocenters. The van der Waals surface area contributed by atoms with Crippen LogP contribution in [0.4, 0.5) is 0 Å². The van der Waals surface area contributed by atoms with Crippen LogP contribution < -0.4 is 0 Å². The number of esters is 3. The predicted octanol–water partition coefficient (Wildman–Crippen LogP) is 14.8. The zero-order valence-electron chi connectivity index (χ0n) is 36.0. The molecule has 0 aliphatic carbocycles. The predicted molar refractivity (Wildman–Crippen MR) is 229 cm³/mol. The molecule has 0 bridgehead atoms. The van der Waals surface area contributed by atoms with E-state index in [1.807, 2.05) is 0 Å². The van der Waals surface area contributed by atoms with Crippen molar-refractivity contribution >= 4 is 17.9 Å². The lowest BCUT2D eigenvalue weighted by molar-refractivity contribution is -0.167. The van der Waals surface area contributed by atoms with Crippen LogP contribution in [0.25, 0.3) is 0 Å². The molecule has 6 nitrogen and oxygen atoms in total. The van der Waals surface area contributed by atoms with Gasteiger partial charge in [-0.2, -0.15) is 0 Å². The van der Waals surface area contributed by atoms with Crippen molar-refractivity contribution in [3.63, 3.8) is 0 Å². The maximum absolute atomic E-state index is 12.7. The summed E-state index contributed by atoms with van der Waals surface area (Å²) in [7, 11) is 0. The minimum Gasteiger partial charge on any atom is -0.462 e. The number of hydrogen-bond acceptors (Lipinski definition) is 6. The summed E-state index contributed by atoms with van der Waals surface area (Å²) in [4.78, 5) is 37.7. The second kappa shape index (κ2) is 43.6. The maximum Gasteiger partial charge on any atom is 0.306 e. The van der Waals surface area contributed by atoms with Gasteiger partial charge in [-0.3, -0.25) is 14.4 Å². The molecule has 316 valence electrons. The van der Waals surface area contributed by atoms with Crippen LogP contribution in [0.3, 0.4) is 0 Å². The number of carbonyl (C=O) groups excluding carboxylic acids is 3. The largest absolute Gasteiger partial charge is 0.462 e. The number of ether oxygens (including phenoxy) is 3. The molecule has 0 amide bonds. The van der Waals surface area contributed by atoms with E-state index < -0.39 is 6.10 Å². The molecule has 0 aromatic carbocycles. The van der Waals surface area contributed by atoms with Gasteiger partial charge in [0.2, 0.25) is 0 Å². The topological polar surface area (TPSA) is 78.9 Å². The molecule has 0 N–H and O–H groups in total. The monoisotopic (exact) mass is 761 g/mol. The number of rotatable bonds is 42. The Morgan fingerprint density at radius 2 is 0.611 bits per heavy atom. The molecule has 0 saturated heterocycles. The SMILES string of the molecule is CCCCC/C=C\CCCCCCCC(=O)OC[C@@H](COC(=O)CCCCCCCCCCCCCC)OC(=O)CCCCCCC/C=C\CCCCC. The minimum absolute atomic E-state index is 0.0743. The summed E-state index contributed by atoms with van der Waals surface area (Å²) >= 11 is 0. The molecule has 0 heterocycles. The van der Waals surface area contributed by atoms with E-state index in [1.54, 1.807) is 0 Å². The van der Waals surface area contributed by atoms with Crippen LogP contribution in [0.2, 0.25) is 0 Å². The highest BCUT2D eigenvalue weighted by Gasteiger charge is 2.19. The normalized spacial score (nSPS) is 12.1. The molecule has 0 fully saturated rings. The van der Waals surface area contributed by atoms with Gasteiger partial charge < -0.3 is 14.2 Å². The molecule has 0 rings (SSSR count). The highest BCUT2D eigenvalue weighted by molar-refractivity contribution is 5.71. The first kappa shape index (κ1) is 51.9. The molecular weight excluding hydrogens is 673 g/mol. The van der Waals surface area contributed by atoms with Gasteiger partial charge in [0.05, 0.1) is 0 Å². The van der Waals surface area contributed by atoms with Gasteiger partial charge in [0, 0.05) is 19.3 Å². The molecule has 0 radical (unpaired) electrons. The molecule has 0 aliphatic rings. The Morgan fingerprint density at radius 1 is 0.352 bits per heavy atom. The summed E-state index contributed by atoms with van der Waals surface area (Å²) in [5, 5.41) is 0. The average molecular weight is 761 g/mol. The first-order chi connectivity index (χ1) is 26.5. The van der Waals surface area contributed by atoms with Crippen LogP contribution >= 0.6 is 0 Å². The van der Waals surface area contributed by atoms with Crippen LogP contribution in [-0.2, 0) is 28.6 Å². The Labute approximate surface area is 334 Å². The minimum atomic E-state index is -0.772. The van der Waals surface area contributed by atoms with Gasteiger partial charge >= 0.3 is 17.9 Å². The van der Waals surface area contributed by atoms with Gasteiger partial charge in [0.15, 0.2) is 6.10 Å². The van der Waals surface area contributed by atoms with E-state index >= 15 is 0 Å². The van der Waals surface area contributed by atoms with Crippen LogP contribution in [0, 0.1) is 0 Å². The summed E-state index contributed by atoms with van der Waals surface area (Å²) in [6.45, 7) is 6.57. The molecule has 54 heavy (non-hydrogen) atoms. The molecule has 0 aliphatic heterocycles. The average Bonchev–Trinajstić information content (AvgIpc) is 3.17. The number of unbranched alkanes of at least 4 members (excludes halogenated alkanes) is 27. The highest BCUT2D eigenvalue weighted by Crippen LogP contribution is 2.14. The second-order valence-corrected chi connectivity index (χ2v) is 15.7. The Morgan fingerprint density at radius 3 is 0.963 bits per heavy atom. The lowest BCUT2D eigenvalue weighted by Crippen LogP contribution is -2.30. The summed E-state index contributed by atoms with van der Waals surface area (Å²) in [6.07, 6.45) is 47.2. The molecule has 6 heteroatoms. The number of allylic oxidation sites excluding steroid dienone is 4. The second-order valence-electron chi connectivity index (χ2n) is 15.7. The fourth-order valence-corrected chi connectivity index (χ4v) is 6.61. The molecular formula is C48H88O6. The smallest absolute Gasteiger partial charge is 0.306 e. The third kappa shape index (κ3) is 41.1. The zero-order valence-corrected chi connectivity index (χ0v) is 36.0. The van der Waals surface area contributed by atoms with Crippen molar-refractivity contribution in [3.05, 3.63) is 24.3 Å². The number of carbonyl (C=O) groups is 3. The van der Waals surface area contributed by atoms with E-state index in [0.717, 1.165) is 70.6 Å². The number of hydrogen-bond donors (Lipinski definition) is 0. The van der Waals surface area contributed by atoms with Crippen molar-refractivity contribution in [2.75, 3.05) is 13.2 Å². The lowest BCUT2D eigenvalue weighted by atomic mass is 10.0. The first-order valence-electron chi connectivity index (χ1n) is 23.3. The summed E-state index contributed by atoms with van der Waals surface area (Å²) < 4.78 is 16.7. The van der Waals surface area contributed by atoms with E-state index in [0.29, 0.717) is 19.3 Å². The van der Waals surface area contributed by atoms with E-state index in [2.05, 4.69) is 45.1 Å². The van der Waals surface area contributed by atoms with E-state index in [4.69, 9.17) is 14.2 Å². The van der Waals surface area contributed by atoms with Gasteiger partial charge in [-0.05, 0) is 70.6 Å². The quantitative estimate of drug-likeness (QED) is 0.0267. The Bertz CT molecular complexity index is 880. The maximum atomic E-state index is 12.7. The van der Waals surface area contributed by atoms with Gasteiger partial charge in [0.25, 0.3) is 0 Å². The fraction of sp³-hybridized carbons (Fsp3) is 0.854. The summed E-state index contributed by atoms with van der Waals surface area (Å²) in [5.41, 5.74) is 0. The molecule has 0 saturated carbocycles. The highest BCUT2D eigenvalue weighted by atomic mass is 16.6. The van der Waals surface area contributed by atoms with E-state index in [1.165, 1.54) is 135 Å². The van der Waals surface area contributed by atoms with Gasteiger partial charge in [0.1, 0.15) is 13.2 Å². The standard InChI is InChI=1S/C48H88O6/c1-4-7-10-13-16-19-22-25-28-31-34-37-40-46(49)52-43-45(54-48(51)42-39-36-33-30-27-24-21-18-15-12-9-6-3)44-53-47(50)41-38-35-32-29-26-23-20-17-14-11-8-5-2/h16,18-19,21,45H,4-15,17,20,22-44H2,1-3H3/b19-16-,21-18-/t45-/m0/s1. The zero-order chi connectivity index (χ0) is 39.4. The summed E-state index contributed by atoms with van der Waals surface area (Å²) in [5.74, 6) is -0.888. The van der Waals surface area contributed by atoms with Crippen LogP contribution in [0.15, 0.2) is 24.3 Å². The molecule has 0 aromatic rings. The Balaban J connectivity index is 4.38. The van der Waals surface area contributed by atoms with Gasteiger partial charge in [-0.15, -0.1) is 0 Å². The van der Waals surface area contributed by atoms with Gasteiger partial charge in [-0.1, -0.05) is 180 Å². The summed E-state index contributed by atoms with van der Waals surface area (Å²) in [6, 6.07) is 0. The van der Waals surface area contributed by atoms with Crippen molar-refractivity contribution < 1.29 is 28.6 Å². The Kier molecular flexibility index (Phi) is 41.9. The van der Waals surface area contributed by atoms with Crippen molar-refractivity contribution in [1.82, 2.24) is 0 Å². The third-order valence-corrected chi connectivity index (χ3v) is 10.2.